The van der Waals surface area contributed by atoms with Crippen LogP contribution in [0.3, 0.4) is 0 Å². The smallest absolute Gasteiger partial charge is 0.120 e. The molecule has 1 unspecified atom stereocenters. The van der Waals surface area contributed by atoms with Crippen LogP contribution in [0.5, 0.6) is 5.75 Å². The summed E-state index contributed by atoms with van der Waals surface area (Å²) >= 11 is 5.91. The Hall–Kier alpha value is -1.71. The fourth-order valence-corrected chi connectivity index (χ4v) is 2.17. The van der Waals surface area contributed by atoms with Gasteiger partial charge in [0.05, 0.1) is 19.3 Å². The highest BCUT2D eigenvalue weighted by molar-refractivity contribution is 6.30. The molecule has 0 aliphatic rings. The monoisotopic (exact) mass is 291 g/mol. The second kappa shape index (κ2) is 6.16. The highest BCUT2D eigenvalue weighted by Crippen LogP contribution is 2.28. The van der Waals surface area contributed by atoms with Gasteiger partial charge in [-0.25, -0.2) is 0 Å². The Kier molecular flexibility index (Phi) is 4.53. The topological polar surface area (TPSA) is 41.5 Å². The Morgan fingerprint density at radius 2 is 1.90 bits per heavy atom. The zero-order valence-electron chi connectivity index (χ0n) is 11.6. The van der Waals surface area contributed by atoms with Crippen molar-refractivity contribution in [3.63, 3.8) is 0 Å². The van der Waals surface area contributed by atoms with Crippen LogP contribution in [-0.2, 0) is 5.54 Å². The molecule has 106 valence electrons. The Labute approximate surface area is 124 Å². The van der Waals surface area contributed by atoms with Crippen molar-refractivity contribution < 1.29 is 9.84 Å². The third kappa shape index (κ3) is 3.24. The molecule has 0 amide bonds. The number of methoxy groups -OCH3 is 1. The van der Waals surface area contributed by atoms with Crippen LogP contribution in [0, 0.1) is 0 Å². The molecule has 0 aliphatic heterocycles. The third-order valence-corrected chi connectivity index (χ3v) is 3.54. The first kappa shape index (κ1) is 14.7. The molecule has 0 radical (unpaired) electrons. The second-order valence-corrected chi connectivity index (χ2v) is 5.29. The van der Waals surface area contributed by atoms with Crippen LogP contribution in [0.15, 0.2) is 48.5 Å². The van der Waals surface area contributed by atoms with Gasteiger partial charge in [-0.1, -0.05) is 29.8 Å². The summed E-state index contributed by atoms with van der Waals surface area (Å²) in [4.78, 5) is 0. The maximum absolute atomic E-state index is 9.77. The Morgan fingerprint density at radius 3 is 2.50 bits per heavy atom. The van der Waals surface area contributed by atoms with Crippen LogP contribution in [0.4, 0.5) is 5.69 Å². The highest BCUT2D eigenvalue weighted by Gasteiger charge is 2.25. The molecule has 20 heavy (non-hydrogen) atoms. The number of aliphatic hydroxyl groups excluding tert-OH is 1. The molecule has 0 bridgehead atoms. The predicted octanol–water partition coefficient (Wildman–Crippen LogP) is 3.67. The number of aliphatic hydroxyl groups is 1. The summed E-state index contributed by atoms with van der Waals surface area (Å²) in [5.41, 5.74) is 1.26. The van der Waals surface area contributed by atoms with Crippen LogP contribution >= 0.6 is 11.6 Å². The lowest BCUT2D eigenvalue weighted by molar-refractivity contribution is 0.224. The minimum atomic E-state index is -0.586. The fourth-order valence-electron chi connectivity index (χ4n) is 2.04. The standard InChI is InChI=1S/C16H18ClNO2/c1-16(11-19,12-6-8-13(17)9-7-12)18-14-4-3-5-15(10-14)20-2/h3-10,18-19H,11H2,1-2H3. The van der Waals surface area contributed by atoms with Crippen LogP contribution in [0.1, 0.15) is 12.5 Å². The maximum atomic E-state index is 9.77. The van der Waals surface area contributed by atoms with Gasteiger partial charge in [-0.3, -0.25) is 0 Å². The minimum absolute atomic E-state index is 0.0359. The van der Waals surface area contributed by atoms with Crippen molar-refractivity contribution in [2.24, 2.45) is 0 Å². The molecule has 2 aromatic carbocycles. The third-order valence-electron chi connectivity index (χ3n) is 3.29. The van der Waals surface area contributed by atoms with E-state index in [0.717, 1.165) is 17.0 Å². The number of halogens is 1. The largest absolute Gasteiger partial charge is 0.497 e. The lowest BCUT2D eigenvalue weighted by atomic mass is 9.92. The van der Waals surface area contributed by atoms with Gasteiger partial charge in [-0.15, -0.1) is 0 Å². The summed E-state index contributed by atoms with van der Waals surface area (Å²) in [5, 5.41) is 13.8. The molecule has 0 aliphatic carbocycles. The van der Waals surface area contributed by atoms with Crippen molar-refractivity contribution in [3.8, 4) is 5.75 Å². The molecule has 0 spiro atoms. The molecular weight excluding hydrogens is 274 g/mol. The Bertz CT molecular complexity index is 571. The Morgan fingerprint density at radius 1 is 1.20 bits per heavy atom. The van der Waals surface area contributed by atoms with Crippen molar-refractivity contribution in [2.45, 2.75) is 12.5 Å². The maximum Gasteiger partial charge on any atom is 0.120 e. The minimum Gasteiger partial charge on any atom is -0.497 e. The zero-order chi connectivity index (χ0) is 14.6. The molecule has 2 N–H and O–H groups in total. The van der Waals surface area contributed by atoms with E-state index in [1.807, 2.05) is 55.5 Å². The van der Waals surface area contributed by atoms with Crippen molar-refractivity contribution >= 4 is 17.3 Å². The highest BCUT2D eigenvalue weighted by atomic mass is 35.5. The number of nitrogens with one attached hydrogen (secondary N) is 1. The average Bonchev–Trinajstić information content (AvgIpc) is 2.48. The SMILES string of the molecule is COc1cccc(NC(C)(CO)c2ccc(Cl)cc2)c1. The number of ether oxygens (including phenoxy) is 1. The van der Waals surface area contributed by atoms with Gasteiger partial charge in [0.1, 0.15) is 5.75 Å². The summed E-state index contributed by atoms with van der Waals surface area (Å²) in [6.45, 7) is 1.90. The lowest BCUT2D eigenvalue weighted by Gasteiger charge is -2.30. The number of benzene rings is 2. The number of hydrogen-bond donors (Lipinski definition) is 2. The first-order chi connectivity index (χ1) is 9.57. The summed E-state index contributed by atoms with van der Waals surface area (Å²) < 4.78 is 5.20. The van der Waals surface area contributed by atoms with Gasteiger partial charge >= 0.3 is 0 Å². The molecule has 2 aromatic rings. The number of hydrogen-bond acceptors (Lipinski definition) is 3. The lowest BCUT2D eigenvalue weighted by Crippen LogP contribution is -2.35. The van der Waals surface area contributed by atoms with E-state index in [0.29, 0.717) is 5.02 Å². The first-order valence-corrected chi connectivity index (χ1v) is 6.74. The van der Waals surface area contributed by atoms with Crippen molar-refractivity contribution in [3.05, 3.63) is 59.1 Å². The van der Waals surface area contributed by atoms with E-state index in [1.165, 1.54) is 0 Å². The normalized spacial score (nSPS) is 13.6. The fraction of sp³-hybridized carbons (Fsp3) is 0.250. The molecule has 1 atom stereocenters. The molecule has 0 heterocycles. The molecule has 0 saturated carbocycles. The summed E-state index contributed by atoms with van der Waals surface area (Å²) in [5.74, 6) is 0.770. The first-order valence-electron chi connectivity index (χ1n) is 6.36. The number of rotatable bonds is 5. The molecule has 0 saturated heterocycles. The molecule has 3 nitrogen and oxygen atoms in total. The van der Waals surface area contributed by atoms with Gasteiger partial charge < -0.3 is 15.2 Å². The van der Waals surface area contributed by atoms with Gasteiger partial charge in [0.25, 0.3) is 0 Å². The van der Waals surface area contributed by atoms with Crippen molar-refractivity contribution in [1.82, 2.24) is 0 Å². The predicted molar refractivity (Wildman–Crippen MR) is 82.5 cm³/mol. The molecule has 2 rings (SSSR count). The van der Waals surface area contributed by atoms with Gasteiger partial charge in [0, 0.05) is 16.8 Å². The van der Waals surface area contributed by atoms with Crippen molar-refractivity contribution in [1.29, 1.82) is 0 Å². The molecule has 4 heteroatoms. The molecular formula is C16H18ClNO2. The van der Waals surface area contributed by atoms with Gasteiger partial charge in [-0.2, -0.15) is 0 Å². The van der Waals surface area contributed by atoms with E-state index >= 15 is 0 Å². The van der Waals surface area contributed by atoms with E-state index in [4.69, 9.17) is 16.3 Å². The zero-order valence-corrected chi connectivity index (χ0v) is 12.3. The summed E-state index contributed by atoms with van der Waals surface area (Å²) in [6, 6.07) is 15.1. The molecule has 0 aromatic heterocycles. The summed E-state index contributed by atoms with van der Waals surface area (Å²) in [7, 11) is 1.63. The quantitative estimate of drug-likeness (QED) is 0.883. The number of anilines is 1. The van der Waals surface area contributed by atoms with Gasteiger partial charge in [0.2, 0.25) is 0 Å². The van der Waals surface area contributed by atoms with Crippen molar-refractivity contribution in [2.75, 3.05) is 19.0 Å². The van der Waals surface area contributed by atoms with Crippen LogP contribution in [0.2, 0.25) is 5.02 Å². The van der Waals surface area contributed by atoms with Crippen LogP contribution < -0.4 is 10.1 Å². The molecule has 0 fully saturated rings. The van der Waals surface area contributed by atoms with E-state index < -0.39 is 5.54 Å². The van der Waals surface area contributed by atoms with E-state index in [2.05, 4.69) is 5.32 Å². The van der Waals surface area contributed by atoms with E-state index in [9.17, 15) is 5.11 Å². The second-order valence-electron chi connectivity index (χ2n) is 4.85. The summed E-state index contributed by atoms with van der Waals surface area (Å²) in [6.07, 6.45) is 0. The van der Waals surface area contributed by atoms with Crippen LogP contribution in [-0.4, -0.2) is 18.8 Å². The van der Waals surface area contributed by atoms with E-state index in [1.54, 1.807) is 7.11 Å². The average molecular weight is 292 g/mol. The Balaban J connectivity index is 2.28. The van der Waals surface area contributed by atoms with Crippen LogP contribution in [0.25, 0.3) is 0 Å². The van der Waals surface area contributed by atoms with E-state index in [-0.39, 0.29) is 6.61 Å². The van der Waals surface area contributed by atoms with Gasteiger partial charge in [-0.05, 0) is 36.8 Å². The van der Waals surface area contributed by atoms with Gasteiger partial charge in [0.15, 0.2) is 0 Å².